The summed E-state index contributed by atoms with van der Waals surface area (Å²) in [5.41, 5.74) is 6.67. The zero-order chi connectivity index (χ0) is 16.1. The van der Waals surface area contributed by atoms with Gasteiger partial charge in [-0.2, -0.15) is 0 Å². The third-order valence-electron chi connectivity index (χ3n) is 4.50. The van der Waals surface area contributed by atoms with Crippen LogP contribution in [0.15, 0.2) is 66.9 Å². The second-order valence-corrected chi connectivity index (χ2v) is 6.14. The van der Waals surface area contributed by atoms with Crippen molar-refractivity contribution >= 4 is 0 Å². The minimum absolute atomic E-state index is 1.10. The Morgan fingerprint density at radius 2 is 1.39 bits per heavy atom. The van der Waals surface area contributed by atoms with Crippen LogP contribution in [0.2, 0.25) is 0 Å². The highest BCUT2D eigenvalue weighted by Gasteiger charge is 2.15. The maximum atomic E-state index is 2.43. The summed E-state index contributed by atoms with van der Waals surface area (Å²) >= 11 is 0. The summed E-state index contributed by atoms with van der Waals surface area (Å²) < 4.78 is 2.43. The molecule has 0 amide bonds. The molecule has 118 valence electrons. The highest BCUT2D eigenvalue weighted by molar-refractivity contribution is 5.85. The van der Waals surface area contributed by atoms with E-state index in [0.29, 0.717) is 0 Å². The lowest BCUT2D eigenvalue weighted by molar-refractivity contribution is 0.595. The Bertz CT molecular complexity index is 738. The molecule has 0 aliphatic rings. The van der Waals surface area contributed by atoms with Gasteiger partial charge in [-0.3, -0.25) is 0 Å². The third kappa shape index (κ3) is 3.39. The van der Waals surface area contributed by atoms with E-state index in [0.717, 1.165) is 6.54 Å². The van der Waals surface area contributed by atoms with E-state index in [-0.39, 0.29) is 0 Å². The first kappa shape index (κ1) is 15.6. The summed E-state index contributed by atoms with van der Waals surface area (Å²) in [7, 11) is 0. The summed E-state index contributed by atoms with van der Waals surface area (Å²) in [6.45, 7) is 5.61. The van der Waals surface area contributed by atoms with Gasteiger partial charge in [-0.15, -0.1) is 0 Å². The van der Waals surface area contributed by atoms with Crippen molar-refractivity contribution in [1.82, 2.24) is 4.57 Å². The van der Waals surface area contributed by atoms with Gasteiger partial charge in [-0.1, -0.05) is 80.4 Å². The van der Waals surface area contributed by atoms with Gasteiger partial charge in [0.25, 0.3) is 0 Å². The first-order valence-corrected chi connectivity index (χ1v) is 8.62. The van der Waals surface area contributed by atoms with E-state index in [2.05, 4.69) is 85.3 Å². The molecule has 0 atom stereocenters. The Labute approximate surface area is 139 Å². The van der Waals surface area contributed by atoms with Crippen molar-refractivity contribution in [3.63, 3.8) is 0 Å². The van der Waals surface area contributed by atoms with Crippen molar-refractivity contribution < 1.29 is 0 Å². The zero-order valence-corrected chi connectivity index (χ0v) is 14.1. The molecule has 1 heteroatoms. The van der Waals surface area contributed by atoms with E-state index in [9.17, 15) is 0 Å². The Morgan fingerprint density at radius 1 is 0.783 bits per heavy atom. The topological polar surface area (TPSA) is 4.93 Å². The number of hydrogen-bond donors (Lipinski definition) is 0. The van der Waals surface area contributed by atoms with E-state index in [1.807, 2.05) is 0 Å². The number of nitrogens with zero attached hydrogens (tertiary/aromatic N) is 1. The van der Waals surface area contributed by atoms with E-state index >= 15 is 0 Å². The van der Waals surface area contributed by atoms with Crippen LogP contribution in [0.5, 0.6) is 0 Å². The Balaban J connectivity index is 2.08. The van der Waals surface area contributed by atoms with Gasteiger partial charge in [-0.05, 0) is 24.5 Å². The highest BCUT2D eigenvalue weighted by atomic mass is 15.0. The van der Waals surface area contributed by atoms with Crippen molar-refractivity contribution in [2.24, 2.45) is 0 Å². The molecule has 0 bridgehead atoms. The van der Waals surface area contributed by atoms with Crippen LogP contribution in [0.4, 0.5) is 0 Å². The van der Waals surface area contributed by atoms with Crippen LogP contribution >= 0.6 is 0 Å². The fraction of sp³-hybridized carbons (Fsp3) is 0.273. The van der Waals surface area contributed by atoms with Crippen LogP contribution in [0, 0.1) is 6.92 Å². The lowest BCUT2D eigenvalue weighted by Gasteiger charge is -2.08. The predicted octanol–water partition coefficient (Wildman–Crippen LogP) is 6.32. The van der Waals surface area contributed by atoms with Gasteiger partial charge in [0, 0.05) is 29.6 Å². The zero-order valence-electron chi connectivity index (χ0n) is 14.1. The predicted molar refractivity (Wildman–Crippen MR) is 99.6 cm³/mol. The van der Waals surface area contributed by atoms with Crippen LogP contribution in [0.3, 0.4) is 0 Å². The minimum Gasteiger partial charge on any atom is -0.350 e. The van der Waals surface area contributed by atoms with E-state index in [1.54, 1.807) is 0 Å². The van der Waals surface area contributed by atoms with Gasteiger partial charge in [-0.25, -0.2) is 0 Å². The summed E-state index contributed by atoms with van der Waals surface area (Å²) in [4.78, 5) is 0. The molecule has 0 N–H and O–H groups in total. The fourth-order valence-electron chi connectivity index (χ4n) is 3.23. The van der Waals surface area contributed by atoms with Gasteiger partial charge in [0.2, 0.25) is 0 Å². The van der Waals surface area contributed by atoms with Crippen LogP contribution in [-0.2, 0) is 6.54 Å². The first-order chi connectivity index (χ1) is 11.3. The van der Waals surface area contributed by atoms with Crippen LogP contribution in [-0.4, -0.2) is 4.57 Å². The third-order valence-corrected chi connectivity index (χ3v) is 4.50. The Hall–Kier alpha value is -2.28. The molecule has 0 saturated carbocycles. The lowest BCUT2D eigenvalue weighted by atomic mass is 9.97. The normalized spacial score (nSPS) is 10.9. The van der Waals surface area contributed by atoms with Crippen molar-refractivity contribution in [3.05, 3.63) is 72.6 Å². The maximum absolute atomic E-state index is 2.43. The molecule has 0 radical (unpaired) electrons. The molecule has 0 spiro atoms. The minimum atomic E-state index is 1.10. The quantitative estimate of drug-likeness (QED) is 0.469. The van der Waals surface area contributed by atoms with E-state index < -0.39 is 0 Å². The molecule has 3 aromatic rings. The number of rotatable bonds is 6. The summed E-state index contributed by atoms with van der Waals surface area (Å²) in [6, 6.07) is 21.5. The molecular formula is C22H25N. The second kappa shape index (κ2) is 7.32. The molecule has 23 heavy (non-hydrogen) atoms. The van der Waals surface area contributed by atoms with Crippen molar-refractivity contribution in [1.29, 1.82) is 0 Å². The lowest BCUT2D eigenvalue weighted by Crippen LogP contribution is -1.98. The largest absolute Gasteiger partial charge is 0.350 e. The Morgan fingerprint density at radius 3 is 2.00 bits per heavy atom. The first-order valence-electron chi connectivity index (χ1n) is 8.62. The van der Waals surface area contributed by atoms with Gasteiger partial charge in [0.1, 0.15) is 0 Å². The average molecular weight is 303 g/mol. The number of benzene rings is 2. The highest BCUT2D eigenvalue weighted by Crippen LogP contribution is 2.36. The van der Waals surface area contributed by atoms with Crippen LogP contribution in [0.25, 0.3) is 22.3 Å². The van der Waals surface area contributed by atoms with Crippen LogP contribution in [0.1, 0.15) is 31.9 Å². The van der Waals surface area contributed by atoms with E-state index in [1.165, 1.54) is 47.2 Å². The van der Waals surface area contributed by atoms with Crippen molar-refractivity contribution in [3.8, 4) is 22.3 Å². The van der Waals surface area contributed by atoms with Crippen molar-refractivity contribution in [2.45, 2.75) is 39.7 Å². The molecule has 0 fully saturated rings. The maximum Gasteiger partial charge on any atom is 0.0228 e. The van der Waals surface area contributed by atoms with Crippen molar-refractivity contribution in [2.75, 3.05) is 0 Å². The number of aromatic nitrogens is 1. The number of hydrogen-bond acceptors (Lipinski definition) is 0. The summed E-state index contributed by atoms with van der Waals surface area (Å²) in [5, 5.41) is 0. The molecule has 2 aromatic carbocycles. The fourth-order valence-corrected chi connectivity index (χ4v) is 3.23. The number of aryl methyl sites for hydroxylation is 1. The number of unbranched alkanes of at least 4 members (excludes halogenated alkanes) is 2. The van der Waals surface area contributed by atoms with E-state index in [4.69, 9.17) is 0 Å². The Kier molecular flexibility index (Phi) is 4.97. The average Bonchev–Trinajstić information content (AvgIpc) is 2.93. The van der Waals surface area contributed by atoms with Gasteiger partial charge >= 0.3 is 0 Å². The molecule has 0 saturated heterocycles. The summed E-state index contributed by atoms with van der Waals surface area (Å²) in [5.74, 6) is 0. The summed E-state index contributed by atoms with van der Waals surface area (Å²) in [6.07, 6.45) is 6.13. The SMILES string of the molecule is CCCCCn1cc(-c2ccccc2)c(-c2ccccc2)c1C. The standard InChI is InChI=1S/C22H25N/c1-3-4-11-16-23-17-21(19-12-7-5-8-13-19)22(18(23)2)20-14-9-6-10-15-20/h5-10,12-15,17H,3-4,11,16H2,1-2H3. The monoisotopic (exact) mass is 303 g/mol. The van der Waals surface area contributed by atoms with Gasteiger partial charge in [0.05, 0.1) is 0 Å². The molecular weight excluding hydrogens is 278 g/mol. The second-order valence-electron chi connectivity index (χ2n) is 6.14. The molecule has 0 aliphatic heterocycles. The molecule has 1 aromatic heterocycles. The molecule has 3 rings (SSSR count). The van der Waals surface area contributed by atoms with Gasteiger partial charge < -0.3 is 4.57 Å². The molecule has 1 nitrogen and oxygen atoms in total. The molecule has 0 unspecified atom stereocenters. The van der Waals surface area contributed by atoms with Gasteiger partial charge in [0.15, 0.2) is 0 Å². The molecule has 0 aliphatic carbocycles. The molecule has 1 heterocycles. The van der Waals surface area contributed by atoms with Crippen LogP contribution < -0.4 is 0 Å². The smallest absolute Gasteiger partial charge is 0.0228 e.